The van der Waals surface area contributed by atoms with E-state index in [2.05, 4.69) is 5.32 Å². The van der Waals surface area contributed by atoms with Crippen LogP contribution in [-0.4, -0.2) is 29.3 Å². The van der Waals surface area contributed by atoms with Crippen molar-refractivity contribution in [3.63, 3.8) is 0 Å². The highest BCUT2D eigenvalue weighted by Gasteiger charge is 2.31. The van der Waals surface area contributed by atoms with E-state index in [0.29, 0.717) is 0 Å². The Morgan fingerprint density at radius 1 is 0.839 bits per heavy atom. The average molecular weight is 419 g/mol. The molecule has 0 aliphatic rings. The van der Waals surface area contributed by atoms with Crippen LogP contribution in [0.1, 0.15) is 29.7 Å². The number of hydrogen-bond donors (Lipinski definition) is 2. The van der Waals surface area contributed by atoms with Gasteiger partial charge in [-0.2, -0.15) is 0 Å². The molecule has 3 aromatic carbocycles. The van der Waals surface area contributed by atoms with E-state index in [4.69, 9.17) is 9.47 Å². The van der Waals surface area contributed by atoms with Crippen LogP contribution in [0.3, 0.4) is 0 Å². The summed E-state index contributed by atoms with van der Waals surface area (Å²) in [5, 5.41) is 12.5. The van der Waals surface area contributed by atoms with Crippen molar-refractivity contribution < 1.29 is 24.2 Å². The minimum atomic E-state index is -1.28. The molecule has 0 heterocycles. The largest absolute Gasteiger partial charge is 0.451 e. The Balaban J connectivity index is 1.70. The molecular formula is C25H25NO5. The molecule has 2 N–H and O–H groups in total. The summed E-state index contributed by atoms with van der Waals surface area (Å²) in [5.41, 5.74) is 2.36. The normalized spacial score (nSPS) is 12.6. The van der Waals surface area contributed by atoms with E-state index in [1.807, 2.05) is 91.0 Å². The van der Waals surface area contributed by atoms with Gasteiger partial charge in [0.15, 0.2) is 12.1 Å². The molecule has 0 aliphatic carbocycles. The van der Waals surface area contributed by atoms with Crippen LogP contribution in [0.25, 0.3) is 0 Å². The third-order valence-electron chi connectivity index (χ3n) is 4.66. The van der Waals surface area contributed by atoms with Crippen LogP contribution in [0, 0.1) is 0 Å². The number of esters is 1. The summed E-state index contributed by atoms with van der Waals surface area (Å²) in [5.74, 6) is -0.760. The number of aliphatic hydroxyl groups is 1. The molecule has 0 saturated carbocycles. The summed E-state index contributed by atoms with van der Waals surface area (Å²) in [7, 11) is 0. The highest BCUT2D eigenvalue weighted by atomic mass is 16.6. The molecule has 0 fully saturated rings. The first-order valence-electron chi connectivity index (χ1n) is 10.0. The third-order valence-corrected chi connectivity index (χ3v) is 4.66. The standard InChI is InChI=1S/C25H25NO5/c1-18(27)22(26-25(29)30-17-19-11-5-2-6-12-19)24(28)31-23(20-13-7-3-8-14-20)21-15-9-4-10-16-21/h2-16,18,22-23,27H,17H2,1H3,(H,26,29)/t18-,22+/m1/s1. The van der Waals surface area contributed by atoms with E-state index in [1.54, 1.807) is 0 Å². The number of rotatable bonds is 8. The lowest BCUT2D eigenvalue weighted by molar-refractivity contribution is -0.152. The summed E-state index contributed by atoms with van der Waals surface area (Å²) < 4.78 is 10.9. The SMILES string of the molecule is C[C@@H](O)[C@H](NC(=O)OCc1ccccc1)C(=O)OC(c1ccccc1)c1ccccc1. The predicted octanol–water partition coefficient (Wildman–Crippen LogP) is 4.00. The summed E-state index contributed by atoms with van der Waals surface area (Å²) in [6, 6.07) is 26.4. The maximum atomic E-state index is 12.9. The lowest BCUT2D eigenvalue weighted by Crippen LogP contribution is -2.49. The third kappa shape index (κ3) is 6.42. The highest BCUT2D eigenvalue weighted by Crippen LogP contribution is 2.26. The monoisotopic (exact) mass is 419 g/mol. The molecule has 0 radical (unpaired) electrons. The van der Waals surface area contributed by atoms with Gasteiger partial charge in [-0.05, 0) is 23.6 Å². The zero-order valence-electron chi connectivity index (χ0n) is 17.2. The molecule has 6 nitrogen and oxygen atoms in total. The van der Waals surface area contributed by atoms with Crippen LogP contribution in [0.5, 0.6) is 0 Å². The molecule has 2 atom stereocenters. The molecular weight excluding hydrogens is 394 g/mol. The highest BCUT2D eigenvalue weighted by molar-refractivity contribution is 5.82. The number of amides is 1. The Kier molecular flexibility index (Phi) is 7.79. The van der Waals surface area contributed by atoms with Gasteiger partial charge in [0.2, 0.25) is 0 Å². The number of aliphatic hydroxyl groups excluding tert-OH is 1. The van der Waals surface area contributed by atoms with Crippen LogP contribution >= 0.6 is 0 Å². The fourth-order valence-corrected chi connectivity index (χ4v) is 3.04. The maximum absolute atomic E-state index is 12.9. The van der Waals surface area contributed by atoms with Gasteiger partial charge in [0.25, 0.3) is 0 Å². The van der Waals surface area contributed by atoms with Crippen LogP contribution in [0.4, 0.5) is 4.79 Å². The Bertz CT molecular complexity index is 921. The number of alkyl carbamates (subject to hydrolysis) is 1. The Morgan fingerprint density at radius 3 is 1.81 bits per heavy atom. The summed E-state index contributed by atoms with van der Waals surface area (Å²) in [6.45, 7) is 1.45. The second kappa shape index (κ2) is 10.9. The summed E-state index contributed by atoms with van der Waals surface area (Å²) in [4.78, 5) is 25.1. The number of nitrogens with one attached hydrogen (secondary N) is 1. The van der Waals surface area contributed by atoms with E-state index in [1.165, 1.54) is 6.92 Å². The molecule has 6 heteroatoms. The molecule has 0 aliphatic heterocycles. The van der Waals surface area contributed by atoms with Gasteiger partial charge in [0, 0.05) is 0 Å². The quantitative estimate of drug-likeness (QED) is 0.539. The molecule has 0 spiro atoms. The smallest absolute Gasteiger partial charge is 0.408 e. The molecule has 160 valence electrons. The van der Waals surface area contributed by atoms with Crippen molar-refractivity contribution in [1.82, 2.24) is 5.32 Å². The predicted molar refractivity (Wildman–Crippen MR) is 116 cm³/mol. The lowest BCUT2D eigenvalue weighted by Gasteiger charge is -2.24. The first-order chi connectivity index (χ1) is 15.0. The molecule has 3 rings (SSSR count). The van der Waals surface area contributed by atoms with E-state index < -0.39 is 30.3 Å². The molecule has 0 unspecified atom stereocenters. The number of ether oxygens (including phenoxy) is 2. The maximum Gasteiger partial charge on any atom is 0.408 e. The molecule has 0 saturated heterocycles. The van der Waals surface area contributed by atoms with Gasteiger partial charge in [-0.1, -0.05) is 91.0 Å². The second-order valence-corrected chi connectivity index (χ2v) is 7.06. The van der Waals surface area contributed by atoms with Crippen LogP contribution < -0.4 is 5.32 Å². The van der Waals surface area contributed by atoms with Crippen molar-refractivity contribution in [2.45, 2.75) is 31.8 Å². The van der Waals surface area contributed by atoms with Gasteiger partial charge in [-0.25, -0.2) is 9.59 Å². The van der Waals surface area contributed by atoms with Gasteiger partial charge in [-0.15, -0.1) is 0 Å². The topological polar surface area (TPSA) is 84.9 Å². The lowest BCUT2D eigenvalue weighted by atomic mass is 10.0. The minimum Gasteiger partial charge on any atom is -0.451 e. The first kappa shape index (κ1) is 22.1. The van der Waals surface area contributed by atoms with E-state index >= 15 is 0 Å². The fourth-order valence-electron chi connectivity index (χ4n) is 3.04. The zero-order valence-corrected chi connectivity index (χ0v) is 17.2. The second-order valence-electron chi connectivity index (χ2n) is 7.06. The first-order valence-corrected chi connectivity index (χ1v) is 10.0. The molecule has 1 amide bonds. The Morgan fingerprint density at radius 2 is 1.32 bits per heavy atom. The Hall–Kier alpha value is -3.64. The molecule has 0 bridgehead atoms. The van der Waals surface area contributed by atoms with Crippen LogP contribution in [-0.2, 0) is 20.9 Å². The van der Waals surface area contributed by atoms with Gasteiger partial charge < -0.3 is 19.9 Å². The minimum absolute atomic E-state index is 0.0465. The number of carbonyl (C=O) groups excluding carboxylic acids is 2. The van der Waals surface area contributed by atoms with Crippen molar-refractivity contribution in [1.29, 1.82) is 0 Å². The van der Waals surface area contributed by atoms with Gasteiger partial charge in [0.1, 0.15) is 6.61 Å². The number of carbonyl (C=O) groups is 2. The van der Waals surface area contributed by atoms with Crippen molar-refractivity contribution in [2.24, 2.45) is 0 Å². The molecule has 31 heavy (non-hydrogen) atoms. The van der Waals surface area contributed by atoms with Gasteiger partial charge >= 0.3 is 12.1 Å². The number of hydrogen-bond acceptors (Lipinski definition) is 5. The van der Waals surface area contributed by atoms with Crippen molar-refractivity contribution >= 4 is 12.1 Å². The van der Waals surface area contributed by atoms with Crippen LogP contribution in [0.2, 0.25) is 0 Å². The fraction of sp³-hybridized carbons (Fsp3) is 0.200. The van der Waals surface area contributed by atoms with E-state index in [-0.39, 0.29) is 6.61 Å². The van der Waals surface area contributed by atoms with E-state index in [0.717, 1.165) is 16.7 Å². The summed E-state index contributed by atoms with van der Waals surface area (Å²) in [6.07, 6.45) is -2.68. The molecule has 0 aromatic heterocycles. The molecule has 3 aromatic rings. The summed E-state index contributed by atoms with van der Waals surface area (Å²) >= 11 is 0. The van der Waals surface area contributed by atoms with Crippen molar-refractivity contribution in [3.8, 4) is 0 Å². The van der Waals surface area contributed by atoms with E-state index in [9.17, 15) is 14.7 Å². The average Bonchev–Trinajstić information content (AvgIpc) is 2.81. The van der Waals surface area contributed by atoms with Gasteiger partial charge in [-0.3, -0.25) is 0 Å². The zero-order chi connectivity index (χ0) is 22.1. The Labute approximate surface area is 181 Å². The van der Waals surface area contributed by atoms with Crippen molar-refractivity contribution in [2.75, 3.05) is 0 Å². The number of benzene rings is 3. The van der Waals surface area contributed by atoms with Gasteiger partial charge in [0.05, 0.1) is 6.10 Å². The van der Waals surface area contributed by atoms with Crippen molar-refractivity contribution in [3.05, 3.63) is 108 Å². The van der Waals surface area contributed by atoms with Crippen LogP contribution in [0.15, 0.2) is 91.0 Å².